The molecule has 0 saturated carbocycles. The number of nitro benzene ring substituents is 1. The number of carbonyl (C=O) groups is 1. The standard InChI is InChI=1S/C34H24FN7O3S/c35-22-13-9-20(10-14-22)27-19-46-34(38-27)41-28-7-4-8-29(43)31(28)30(25(17-36)33(41)37)26-18-40(23-5-2-1-3-6-23)39-32(26)21-11-15-24(16-12-21)42(44)45/h1-3,5-6,9-16,18-19,30H,4,7-8,37H2. The molecule has 0 saturated heterocycles. The van der Waals surface area contributed by atoms with Gasteiger partial charge in [0.25, 0.3) is 5.69 Å². The van der Waals surface area contributed by atoms with E-state index in [2.05, 4.69) is 6.07 Å². The number of nitro groups is 1. The summed E-state index contributed by atoms with van der Waals surface area (Å²) in [6, 6.07) is 23.7. The maximum Gasteiger partial charge on any atom is 0.269 e. The second kappa shape index (κ2) is 11.5. The van der Waals surface area contributed by atoms with Crippen LogP contribution in [0, 0.1) is 27.3 Å². The zero-order valence-corrected chi connectivity index (χ0v) is 24.9. The Labute approximate surface area is 266 Å². The van der Waals surface area contributed by atoms with Gasteiger partial charge in [-0.15, -0.1) is 11.3 Å². The number of Topliss-reactive ketones (excluding diaryl/α,β-unsaturated/α-hetero) is 1. The van der Waals surface area contributed by atoms with Gasteiger partial charge in [-0.1, -0.05) is 18.2 Å². The van der Waals surface area contributed by atoms with Crippen LogP contribution in [-0.4, -0.2) is 25.5 Å². The lowest BCUT2D eigenvalue weighted by molar-refractivity contribution is -0.384. The molecule has 5 aromatic rings. The van der Waals surface area contributed by atoms with Crippen molar-refractivity contribution in [2.45, 2.75) is 25.2 Å². The minimum absolute atomic E-state index is 0.0705. The van der Waals surface area contributed by atoms with Gasteiger partial charge in [-0.25, -0.2) is 14.1 Å². The number of anilines is 1. The van der Waals surface area contributed by atoms with E-state index in [0.717, 1.165) is 11.3 Å². The van der Waals surface area contributed by atoms with E-state index < -0.39 is 10.8 Å². The molecule has 0 bridgehead atoms. The number of para-hydroxylation sites is 1. The highest BCUT2D eigenvalue weighted by atomic mass is 32.1. The molecule has 1 aliphatic carbocycles. The molecule has 2 N–H and O–H groups in total. The maximum atomic E-state index is 13.8. The highest BCUT2D eigenvalue weighted by Crippen LogP contribution is 2.49. The van der Waals surface area contributed by atoms with E-state index in [-0.39, 0.29) is 28.7 Å². The lowest BCUT2D eigenvalue weighted by atomic mass is 9.75. The van der Waals surface area contributed by atoms with E-state index in [1.807, 2.05) is 35.7 Å². The molecule has 0 amide bonds. The Hall–Kier alpha value is -5.93. The van der Waals surface area contributed by atoms with Crippen molar-refractivity contribution < 1.29 is 14.1 Å². The van der Waals surface area contributed by atoms with Gasteiger partial charge in [0.05, 0.1) is 39.6 Å². The smallest absolute Gasteiger partial charge is 0.269 e. The summed E-state index contributed by atoms with van der Waals surface area (Å²) in [5, 5.41) is 29.2. The summed E-state index contributed by atoms with van der Waals surface area (Å²) in [7, 11) is 0. The van der Waals surface area contributed by atoms with E-state index >= 15 is 0 Å². The molecule has 226 valence electrons. The average Bonchev–Trinajstić information content (AvgIpc) is 3.74. The number of allylic oxidation sites excluding steroid dienone is 3. The number of halogens is 1. The number of carbonyl (C=O) groups excluding carboxylic acids is 1. The highest BCUT2D eigenvalue weighted by molar-refractivity contribution is 7.14. The summed E-state index contributed by atoms with van der Waals surface area (Å²) in [4.78, 5) is 31.2. The first-order valence-corrected chi connectivity index (χ1v) is 15.3. The number of hydrogen-bond acceptors (Lipinski definition) is 9. The number of non-ortho nitro benzene ring substituents is 1. The van der Waals surface area contributed by atoms with Gasteiger partial charge in [-0.3, -0.25) is 19.8 Å². The third-order valence-electron chi connectivity index (χ3n) is 8.16. The molecule has 3 heterocycles. The van der Waals surface area contributed by atoms with Crippen LogP contribution >= 0.6 is 11.3 Å². The van der Waals surface area contributed by atoms with Gasteiger partial charge in [0.2, 0.25) is 0 Å². The first kappa shape index (κ1) is 28.8. The molecule has 7 rings (SSSR count). The Morgan fingerprint density at radius 2 is 1.74 bits per heavy atom. The van der Waals surface area contributed by atoms with Crippen LogP contribution in [0.25, 0.3) is 28.2 Å². The molecule has 0 spiro atoms. The molecule has 1 aliphatic heterocycles. The molecule has 1 atom stereocenters. The average molecular weight is 630 g/mol. The SMILES string of the molecule is N#CC1=C(N)N(c2nc(-c3ccc(F)cc3)cs2)C2=C(C(=O)CCC2)C1c1cn(-c2ccccc2)nc1-c1ccc([N+](=O)[O-])cc1. The molecule has 10 nitrogen and oxygen atoms in total. The molecule has 46 heavy (non-hydrogen) atoms. The first-order chi connectivity index (χ1) is 22.3. The number of hydrogen-bond donors (Lipinski definition) is 1. The molecule has 3 aromatic carbocycles. The van der Waals surface area contributed by atoms with E-state index in [9.17, 15) is 24.6 Å². The van der Waals surface area contributed by atoms with Gasteiger partial charge in [-0.05, 0) is 61.4 Å². The van der Waals surface area contributed by atoms with Crippen molar-refractivity contribution in [3.05, 3.63) is 135 Å². The molecule has 0 fully saturated rings. The molecular formula is C34H24FN7O3S. The summed E-state index contributed by atoms with van der Waals surface area (Å²) in [5.41, 5.74) is 11.8. The Morgan fingerprint density at radius 1 is 1.02 bits per heavy atom. The topological polar surface area (TPSA) is 144 Å². The molecule has 1 unspecified atom stereocenters. The predicted octanol–water partition coefficient (Wildman–Crippen LogP) is 7.01. The number of nitriles is 1. The number of aromatic nitrogens is 3. The minimum atomic E-state index is -0.830. The fourth-order valence-corrected chi connectivity index (χ4v) is 6.88. The Balaban J connectivity index is 1.41. The molecule has 2 aromatic heterocycles. The van der Waals surface area contributed by atoms with Crippen LogP contribution in [0.5, 0.6) is 0 Å². The second-order valence-electron chi connectivity index (χ2n) is 10.9. The van der Waals surface area contributed by atoms with Crippen LogP contribution < -0.4 is 10.6 Å². The first-order valence-electron chi connectivity index (χ1n) is 14.4. The zero-order chi connectivity index (χ0) is 31.9. The van der Waals surface area contributed by atoms with Crippen LogP contribution in [-0.2, 0) is 4.79 Å². The third-order valence-corrected chi connectivity index (χ3v) is 8.99. The normalized spacial score (nSPS) is 16.4. The summed E-state index contributed by atoms with van der Waals surface area (Å²) >= 11 is 1.31. The number of nitrogens with zero attached hydrogens (tertiary/aromatic N) is 6. The number of thiazole rings is 1. The van der Waals surface area contributed by atoms with Crippen LogP contribution in [0.15, 0.2) is 113 Å². The van der Waals surface area contributed by atoms with Crippen molar-refractivity contribution in [1.82, 2.24) is 14.8 Å². The summed E-state index contributed by atoms with van der Waals surface area (Å²) < 4.78 is 15.2. The van der Waals surface area contributed by atoms with E-state index in [1.54, 1.807) is 40.0 Å². The fourth-order valence-electron chi connectivity index (χ4n) is 6.01. The number of rotatable bonds is 6. The van der Waals surface area contributed by atoms with Gasteiger partial charge >= 0.3 is 0 Å². The fraction of sp³-hybridized carbons (Fsp3) is 0.118. The number of benzene rings is 3. The highest BCUT2D eigenvalue weighted by Gasteiger charge is 2.43. The largest absolute Gasteiger partial charge is 0.384 e. The van der Waals surface area contributed by atoms with Crippen molar-refractivity contribution in [1.29, 1.82) is 5.26 Å². The van der Waals surface area contributed by atoms with E-state index in [4.69, 9.17) is 15.8 Å². The van der Waals surface area contributed by atoms with Crippen LogP contribution in [0.1, 0.15) is 30.7 Å². The van der Waals surface area contributed by atoms with Crippen molar-refractivity contribution in [2.75, 3.05) is 4.90 Å². The van der Waals surface area contributed by atoms with Crippen molar-refractivity contribution in [2.24, 2.45) is 5.73 Å². The van der Waals surface area contributed by atoms with Crippen molar-refractivity contribution >= 4 is 27.9 Å². The monoisotopic (exact) mass is 629 g/mol. The summed E-state index contributed by atoms with van der Waals surface area (Å²) in [6.07, 6.45) is 3.23. The number of nitrogens with two attached hydrogens (primary N) is 1. The maximum absolute atomic E-state index is 13.8. The quantitative estimate of drug-likeness (QED) is 0.156. The Morgan fingerprint density at radius 3 is 2.43 bits per heavy atom. The van der Waals surface area contributed by atoms with Gasteiger partial charge in [0.1, 0.15) is 11.6 Å². The molecule has 0 radical (unpaired) electrons. The lowest BCUT2D eigenvalue weighted by Gasteiger charge is -2.38. The Bertz CT molecular complexity index is 2110. The second-order valence-corrected chi connectivity index (χ2v) is 11.7. The summed E-state index contributed by atoms with van der Waals surface area (Å²) in [5.74, 6) is -1.13. The van der Waals surface area contributed by atoms with E-state index in [0.29, 0.717) is 58.2 Å². The zero-order valence-electron chi connectivity index (χ0n) is 24.1. The van der Waals surface area contributed by atoms with Gasteiger partial charge < -0.3 is 5.73 Å². The third kappa shape index (κ3) is 4.92. The van der Waals surface area contributed by atoms with Crippen molar-refractivity contribution in [3.8, 4) is 34.3 Å². The molecular weight excluding hydrogens is 605 g/mol. The lowest BCUT2D eigenvalue weighted by Crippen LogP contribution is -2.38. The molecule has 12 heteroatoms. The predicted molar refractivity (Wildman–Crippen MR) is 171 cm³/mol. The van der Waals surface area contributed by atoms with Gasteiger partial charge in [0, 0.05) is 58.1 Å². The van der Waals surface area contributed by atoms with Crippen molar-refractivity contribution in [3.63, 3.8) is 0 Å². The van der Waals surface area contributed by atoms with Crippen LogP contribution in [0.3, 0.4) is 0 Å². The van der Waals surface area contributed by atoms with Gasteiger partial charge in [0.15, 0.2) is 10.9 Å². The minimum Gasteiger partial charge on any atom is -0.384 e. The number of ketones is 1. The Kier molecular flexibility index (Phi) is 7.23. The van der Waals surface area contributed by atoms with Crippen LogP contribution in [0.4, 0.5) is 15.2 Å². The van der Waals surface area contributed by atoms with Gasteiger partial charge in [-0.2, -0.15) is 10.4 Å². The van der Waals surface area contributed by atoms with Crippen LogP contribution in [0.2, 0.25) is 0 Å². The van der Waals surface area contributed by atoms with E-state index in [1.165, 1.54) is 35.6 Å². The summed E-state index contributed by atoms with van der Waals surface area (Å²) in [6.45, 7) is 0. The molecule has 2 aliphatic rings.